The van der Waals surface area contributed by atoms with E-state index in [9.17, 15) is 18.0 Å². The first-order valence-electron chi connectivity index (χ1n) is 5.21. The van der Waals surface area contributed by atoms with Crippen molar-refractivity contribution in [2.24, 2.45) is 0 Å². The maximum atomic E-state index is 12.5. The molecule has 0 spiro atoms. The Morgan fingerprint density at radius 2 is 2.18 bits per heavy atom. The number of fused-ring (bicyclic) bond motifs is 1. The molecule has 5 heteroatoms. The van der Waals surface area contributed by atoms with Crippen LogP contribution >= 0.6 is 0 Å². The van der Waals surface area contributed by atoms with Crippen molar-refractivity contribution in [3.8, 4) is 5.75 Å². The zero-order valence-electron chi connectivity index (χ0n) is 9.17. The highest BCUT2D eigenvalue weighted by atomic mass is 19.4. The van der Waals surface area contributed by atoms with E-state index in [-0.39, 0.29) is 24.7 Å². The summed E-state index contributed by atoms with van der Waals surface area (Å²) in [7, 11) is 0. The summed E-state index contributed by atoms with van der Waals surface area (Å²) < 4.78 is 42.9. The molecule has 92 valence electrons. The van der Waals surface area contributed by atoms with Crippen LogP contribution in [0.25, 0.3) is 0 Å². The summed E-state index contributed by atoms with van der Waals surface area (Å²) in [4.78, 5) is 11.0. The van der Waals surface area contributed by atoms with Gasteiger partial charge in [-0.1, -0.05) is 0 Å². The molecule has 1 aromatic carbocycles. The summed E-state index contributed by atoms with van der Waals surface area (Å²) in [6.45, 7) is 1.70. The number of hydrogen-bond donors (Lipinski definition) is 0. The molecule has 1 heterocycles. The molecule has 2 rings (SSSR count). The van der Waals surface area contributed by atoms with Crippen molar-refractivity contribution in [3.63, 3.8) is 0 Å². The fourth-order valence-electron chi connectivity index (χ4n) is 1.97. The molecule has 2 nitrogen and oxygen atoms in total. The minimum Gasteiger partial charge on any atom is -0.493 e. The molecule has 0 bridgehead atoms. The highest BCUT2D eigenvalue weighted by Gasteiger charge is 2.34. The highest BCUT2D eigenvalue weighted by molar-refractivity contribution is 5.76. The zero-order chi connectivity index (χ0) is 12.6. The number of alkyl halides is 3. The molecular formula is C12H11F3O2. The molecule has 0 N–H and O–H groups in total. The molecule has 0 fully saturated rings. The third-order valence-electron chi connectivity index (χ3n) is 2.75. The van der Waals surface area contributed by atoms with Crippen molar-refractivity contribution in [1.29, 1.82) is 0 Å². The smallest absolute Gasteiger partial charge is 0.416 e. The van der Waals surface area contributed by atoms with E-state index in [2.05, 4.69) is 0 Å². The number of carbonyl (C=O) groups excluding carboxylic acids is 1. The largest absolute Gasteiger partial charge is 0.493 e. The Hall–Kier alpha value is -1.52. The molecule has 1 aliphatic heterocycles. The van der Waals surface area contributed by atoms with Crippen LogP contribution in [-0.4, -0.2) is 12.4 Å². The average molecular weight is 244 g/mol. The van der Waals surface area contributed by atoms with Gasteiger partial charge in [0.25, 0.3) is 0 Å². The first-order valence-corrected chi connectivity index (χ1v) is 5.21. The average Bonchev–Trinajstić information content (AvgIpc) is 2.59. The number of benzene rings is 1. The maximum absolute atomic E-state index is 12.5. The Balaban J connectivity index is 2.34. The predicted molar refractivity (Wildman–Crippen MR) is 55.0 cm³/mol. The number of ether oxygens (including phenoxy) is 1. The molecule has 0 amide bonds. The number of carbonyl (C=O) groups is 1. The van der Waals surface area contributed by atoms with Gasteiger partial charge >= 0.3 is 6.18 Å². The molecule has 1 aliphatic rings. The molecule has 17 heavy (non-hydrogen) atoms. The van der Waals surface area contributed by atoms with Gasteiger partial charge in [-0.2, -0.15) is 13.2 Å². The molecule has 0 aromatic heterocycles. The van der Waals surface area contributed by atoms with Crippen LogP contribution in [0.5, 0.6) is 5.75 Å². The van der Waals surface area contributed by atoms with Gasteiger partial charge in [0, 0.05) is 17.9 Å². The van der Waals surface area contributed by atoms with Crippen LogP contribution in [0.3, 0.4) is 0 Å². The van der Waals surface area contributed by atoms with Gasteiger partial charge in [-0.15, -0.1) is 0 Å². The van der Waals surface area contributed by atoms with Crippen molar-refractivity contribution in [3.05, 3.63) is 29.3 Å². The molecule has 1 atom stereocenters. The number of hydrogen-bond acceptors (Lipinski definition) is 2. The van der Waals surface area contributed by atoms with Crippen molar-refractivity contribution in [2.75, 3.05) is 6.61 Å². The van der Waals surface area contributed by atoms with Crippen molar-refractivity contribution in [2.45, 2.75) is 25.4 Å². The zero-order valence-corrected chi connectivity index (χ0v) is 9.17. The topological polar surface area (TPSA) is 26.3 Å². The van der Waals surface area contributed by atoms with E-state index in [4.69, 9.17) is 4.74 Å². The van der Waals surface area contributed by atoms with Crippen molar-refractivity contribution in [1.82, 2.24) is 0 Å². The van der Waals surface area contributed by atoms with Gasteiger partial charge in [0.1, 0.15) is 11.5 Å². The van der Waals surface area contributed by atoms with E-state index < -0.39 is 11.7 Å². The molecule has 0 aliphatic carbocycles. The fraction of sp³-hybridized carbons (Fsp3) is 0.417. The third-order valence-corrected chi connectivity index (χ3v) is 2.75. The predicted octanol–water partition coefficient (Wildman–Crippen LogP) is 3.16. The SMILES string of the molecule is CC(=O)CC1COc2ccc(C(F)(F)F)cc21. The first-order chi connectivity index (χ1) is 7.88. The lowest BCUT2D eigenvalue weighted by molar-refractivity contribution is -0.137. The summed E-state index contributed by atoms with van der Waals surface area (Å²) in [6, 6.07) is 3.39. The number of Topliss-reactive ketones (excluding diaryl/α,β-unsaturated/α-hetero) is 1. The molecular weight excluding hydrogens is 233 g/mol. The monoisotopic (exact) mass is 244 g/mol. The third kappa shape index (κ3) is 2.43. The van der Waals surface area contributed by atoms with Crippen LogP contribution in [0.1, 0.15) is 30.4 Å². The second-order valence-corrected chi connectivity index (χ2v) is 4.16. The van der Waals surface area contributed by atoms with E-state index in [0.29, 0.717) is 11.3 Å². The lowest BCUT2D eigenvalue weighted by Crippen LogP contribution is -2.08. The molecule has 0 saturated carbocycles. The maximum Gasteiger partial charge on any atom is 0.416 e. The van der Waals surface area contributed by atoms with Crippen LogP contribution in [0.15, 0.2) is 18.2 Å². The molecule has 0 radical (unpaired) electrons. The normalized spacial score (nSPS) is 18.7. The summed E-state index contributed by atoms with van der Waals surface area (Å²) >= 11 is 0. The molecule has 1 aromatic rings. The lowest BCUT2D eigenvalue weighted by Gasteiger charge is -2.10. The number of rotatable bonds is 2. The standard InChI is InChI=1S/C12H11F3O2/c1-7(16)4-8-6-17-11-3-2-9(5-10(8)11)12(13,14)15/h2-3,5,8H,4,6H2,1H3. The van der Waals surface area contributed by atoms with Crippen LogP contribution < -0.4 is 4.74 Å². The lowest BCUT2D eigenvalue weighted by atomic mass is 9.94. The minimum atomic E-state index is -4.36. The van der Waals surface area contributed by atoms with Gasteiger partial charge < -0.3 is 9.53 Å². The molecule has 0 saturated heterocycles. The van der Waals surface area contributed by atoms with Gasteiger partial charge in [-0.3, -0.25) is 0 Å². The first kappa shape index (κ1) is 12.0. The van der Waals surface area contributed by atoms with Crippen molar-refractivity contribution < 1.29 is 22.7 Å². The minimum absolute atomic E-state index is 0.0520. The fourth-order valence-corrected chi connectivity index (χ4v) is 1.97. The van der Waals surface area contributed by atoms with Gasteiger partial charge in [0.15, 0.2) is 0 Å². The van der Waals surface area contributed by atoms with E-state index in [0.717, 1.165) is 12.1 Å². The number of halogens is 3. The van der Waals surface area contributed by atoms with E-state index in [1.807, 2.05) is 0 Å². The van der Waals surface area contributed by atoms with Gasteiger partial charge in [-0.05, 0) is 25.1 Å². The van der Waals surface area contributed by atoms with E-state index >= 15 is 0 Å². The Kier molecular flexibility index (Phi) is 2.85. The summed E-state index contributed by atoms with van der Waals surface area (Å²) in [6.07, 6.45) is -4.15. The Bertz CT molecular complexity index is 452. The number of ketones is 1. The highest BCUT2D eigenvalue weighted by Crippen LogP contribution is 2.40. The van der Waals surface area contributed by atoms with Gasteiger partial charge in [-0.25, -0.2) is 0 Å². The van der Waals surface area contributed by atoms with Crippen LogP contribution in [-0.2, 0) is 11.0 Å². The van der Waals surface area contributed by atoms with Crippen LogP contribution in [0.4, 0.5) is 13.2 Å². The van der Waals surface area contributed by atoms with Gasteiger partial charge in [0.05, 0.1) is 12.2 Å². The quantitative estimate of drug-likeness (QED) is 0.798. The second-order valence-electron chi connectivity index (χ2n) is 4.16. The molecule has 1 unspecified atom stereocenters. The Labute approximate surface area is 96.4 Å². The van der Waals surface area contributed by atoms with Crippen molar-refractivity contribution >= 4 is 5.78 Å². The Morgan fingerprint density at radius 1 is 1.47 bits per heavy atom. The summed E-state index contributed by atoms with van der Waals surface area (Å²) in [5, 5.41) is 0. The summed E-state index contributed by atoms with van der Waals surface area (Å²) in [5.41, 5.74) is -0.217. The van der Waals surface area contributed by atoms with E-state index in [1.54, 1.807) is 0 Å². The van der Waals surface area contributed by atoms with E-state index in [1.165, 1.54) is 13.0 Å². The van der Waals surface area contributed by atoms with Crippen LogP contribution in [0, 0.1) is 0 Å². The van der Waals surface area contributed by atoms with Gasteiger partial charge in [0.2, 0.25) is 0 Å². The second kappa shape index (κ2) is 4.05. The Morgan fingerprint density at radius 3 is 2.76 bits per heavy atom. The van der Waals surface area contributed by atoms with Crippen LogP contribution in [0.2, 0.25) is 0 Å². The summed E-state index contributed by atoms with van der Waals surface area (Å²) in [5.74, 6) is 0.137.